The second-order valence-electron chi connectivity index (χ2n) is 5.88. The Balaban J connectivity index is 2.99. The van der Waals surface area contributed by atoms with Crippen molar-refractivity contribution in [2.24, 2.45) is 5.41 Å². The van der Waals surface area contributed by atoms with Crippen molar-refractivity contribution >= 4 is 5.91 Å². The SMILES string of the molecule is CCCC(C#N)(CCC)C(=O)N1CCCCCC1CO. The van der Waals surface area contributed by atoms with E-state index in [1.165, 1.54) is 0 Å². The highest BCUT2D eigenvalue weighted by atomic mass is 16.3. The molecule has 0 radical (unpaired) electrons. The number of carbonyl (C=O) groups is 1. The van der Waals surface area contributed by atoms with E-state index >= 15 is 0 Å². The maximum Gasteiger partial charge on any atom is 0.243 e. The molecule has 1 aliphatic heterocycles. The number of aliphatic hydroxyl groups excluding tert-OH is 1. The third-order valence-corrected chi connectivity index (χ3v) is 4.33. The van der Waals surface area contributed by atoms with Gasteiger partial charge in [0.1, 0.15) is 5.41 Å². The van der Waals surface area contributed by atoms with Gasteiger partial charge in [0.25, 0.3) is 0 Å². The molecule has 1 saturated heterocycles. The molecule has 20 heavy (non-hydrogen) atoms. The first-order chi connectivity index (χ1) is 9.65. The lowest BCUT2D eigenvalue weighted by Crippen LogP contribution is -2.49. The minimum absolute atomic E-state index is 0.00545. The van der Waals surface area contributed by atoms with Crippen LogP contribution in [0.15, 0.2) is 0 Å². The molecule has 0 aliphatic carbocycles. The Kier molecular flexibility index (Phi) is 7.01. The Bertz CT molecular complexity index is 343. The second-order valence-corrected chi connectivity index (χ2v) is 5.88. The zero-order chi connectivity index (χ0) is 15.0. The lowest BCUT2D eigenvalue weighted by Gasteiger charge is -2.36. The molecule has 0 aromatic carbocycles. The van der Waals surface area contributed by atoms with Gasteiger partial charge in [-0.2, -0.15) is 5.26 Å². The van der Waals surface area contributed by atoms with E-state index in [0.717, 1.165) is 38.5 Å². The molecule has 1 rings (SSSR count). The molecule has 0 aromatic heterocycles. The smallest absolute Gasteiger partial charge is 0.243 e. The number of hydrogen-bond donors (Lipinski definition) is 1. The summed E-state index contributed by atoms with van der Waals surface area (Å²) in [7, 11) is 0. The third-order valence-electron chi connectivity index (χ3n) is 4.33. The van der Waals surface area contributed by atoms with E-state index in [1.54, 1.807) is 4.90 Å². The molecule has 1 unspecified atom stereocenters. The van der Waals surface area contributed by atoms with E-state index in [0.29, 0.717) is 19.4 Å². The fourth-order valence-electron chi connectivity index (χ4n) is 3.26. The first-order valence-corrected chi connectivity index (χ1v) is 7.98. The predicted octanol–water partition coefficient (Wildman–Crippen LogP) is 2.86. The molecule has 1 atom stereocenters. The van der Waals surface area contributed by atoms with Gasteiger partial charge < -0.3 is 10.0 Å². The number of nitriles is 1. The maximum absolute atomic E-state index is 12.9. The van der Waals surface area contributed by atoms with Gasteiger partial charge in [-0.05, 0) is 25.7 Å². The first-order valence-electron chi connectivity index (χ1n) is 7.98. The molecule has 0 bridgehead atoms. The van der Waals surface area contributed by atoms with Crippen LogP contribution >= 0.6 is 0 Å². The Morgan fingerprint density at radius 3 is 2.45 bits per heavy atom. The van der Waals surface area contributed by atoms with E-state index in [-0.39, 0.29) is 18.6 Å². The van der Waals surface area contributed by atoms with Crippen LogP contribution in [0.1, 0.15) is 65.2 Å². The third kappa shape index (κ3) is 3.73. The van der Waals surface area contributed by atoms with Crippen LogP contribution in [0, 0.1) is 16.7 Å². The van der Waals surface area contributed by atoms with Crippen molar-refractivity contribution in [1.29, 1.82) is 5.26 Å². The highest BCUT2D eigenvalue weighted by Gasteiger charge is 2.42. The van der Waals surface area contributed by atoms with Crippen molar-refractivity contribution < 1.29 is 9.90 Å². The summed E-state index contributed by atoms with van der Waals surface area (Å²) in [6.07, 6.45) is 6.87. The molecule has 1 N–H and O–H groups in total. The van der Waals surface area contributed by atoms with Gasteiger partial charge in [-0.15, -0.1) is 0 Å². The van der Waals surface area contributed by atoms with E-state index < -0.39 is 5.41 Å². The Hall–Kier alpha value is -1.08. The van der Waals surface area contributed by atoms with Crippen LogP contribution in [0.3, 0.4) is 0 Å². The molecule has 0 aromatic rings. The molecule has 114 valence electrons. The minimum atomic E-state index is -0.888. The zero-order valence-electron chi connectivity index (χ0n) is 12.9. The lowest BCUT2D eigenvalue weighted by atomic mass is 9.79. The summed E-state index contributed by atoms with van der Waals surface area (Å²) in [5, 5.41) is 19.2. The van der Waals surface area contributed by atoms with Crippen LogP contribution in [0.25, 0.3) is 0 Å². The number of aliphatic hydroxyl groups is 1. The summed E-state index contributed by atoms with van der Waals surface area (Å²) in [5.41, 5.74) is -0.888. The number of carbonyl (C=O) groups excluding carboxylic acids is 1. The van der Waals surface area contributed by atoms with Gasteiger partial charge >= 0.3 is 0 Å². The number of amides is 1. The normalized spacial score (nSPS) is 20.3. The molecule has 1 aliphatic rings. The summed E-state index contributed by atoms with van der Waals surface area (Å²) in [6, 6.07) is 2.20. The van der Waals surface area contributed by atoms with Crippen LogP contribution in [-0.4, -0.2) is 35.1 Å². The van der Waals surface area contributed by atoms with Gasteiger partial charge in [-0.3, -0.25) is 4.79 Å². The van der Waals surface area contributed by atoms with Gasteiger partial charge in [0.15, 0.2) is 0 Å². The molecule has 0 saturated carbocycles. The number of hydrogen-bond acceptors (Lipinski definition) is 3. The molecule has 4 heteroatoms. The summed E-state index contributed by atoms with van der Waals surface area (Å²) in [4.78, 5) is 14.7. The standard InChI is InChI=1S/C16H28N2O2/c1-3-9-16(13-17,10-4-2)15(20)18-11-7-5-6-8-14(18)12-19/h14,19H,3-12H2,1-2H3. The fourth-order valence-corrected chi connectivity index (χ4v) is 3.26. The van der Waals surface area contributed by atoms with E-state index in [9.17, 15) is 15.2 Å². The van der Waals surface area contributed by atoms with Gasteiger partial charge in [0, 0.05) is 6.54 Å². The minimum Gasteiger partial charge on any atom is -0.394 e. The van der Waals surface area contributed by atoms with Crippen molar-refractivity contribution in [3.63, 3.8) is 0 Å². The molecular weight excluding hydrogens is 252 g/mol. The van der Waals surface area contributed by atoms with Crippen molar-refractivity contribution in [2.45, 2.75) is 71.3 Å². The largest absolute Gasteiger partial charge is 0.394 e. The molecule has 1 heterocycles. The Labute approximate surface area is 122 Å². The van der Waals surface area contributed by atoms with Gasteiger partial charge in [0.2, 0.25) is 5.91 Å². The van der Waals surface area contributed by atoms with Crippen LogP contribution in [0.2, 0.25) is 0 Å². The molecule has 0 spiro atoms. The molecule has 4 nitrogen and oxygen atoms in total. The topological polar surface area (TPSA) is 64.3 Å². The molecule has 1 fully saturated rings. The number of rotatable bonds is 6. The summed E-state index contributed by atoms with van der Waals surface area (Å²) < 4.78 is 0. The van der Waals surface area contributed by atoms with Crippen LogP contribution in [0.5, 0.6) is 0 Å². The lowest BCUT2D eigenvalue weighted by molar-refractivity contribution is -0.143. The van der Waals surface area contributed by atoms with Gasteiger partial charge in [-0.1, -0.05) is 39.5 Å². The van der Waals surface area contributed by atoms with E-state index in [1.807, 2.05) is 13.8 Å². The van der Waals surface area contributed by atoms with E-state index in [2.05, 4.69) is 6.07 Å². The number of nitrogens with zero attached hydrogens (tertiary/aromatic N) is 2. The fraction of sp³-hybridized carbons (Fsp3) is 0.875. The predicted molar refractivity (Wildman–Crippen MR) is 78.9 cm³/mol. The maximum atomic E-state index is 12.9. The highest BCUT2D eigenvalue weighted by molar-refractivity contribution is 5.85. The second kappa shape index (κ2) is 8.26. The Morgan fingerprint density at radius 2 is 1.95 bits per heavy atom. The van der Waals surface area contributed by atoms with Gasteiger partial charge in [0.05, 0.1) is 18.7 Å². The summed E-state index contributed by atoms with van der Waals surface area (Å²) >= 11 is 0. The zero-order valence-corrected chi connectivity index (χ0v) is 12.9. The molecular formula is C16H28N2O2. The summed E-state index contributed by atoms with van der Waals surface area (Å²) in [5.74, 6) is -0.0512. The monoisotopic (exact) mass is 280 g/mol. The van der Waals surface area contributed by atoms with Crippen LogP contribution in [-0.2, 0) is 4.79 Å². The van der Waals surface area contributed by atoms with E-state index in [4.69, 9.17) is 0 Å². The van der Waals surface area contributed by atoms with Crippen molar-refractivity contribution in [3.8, 4) is 6.07 Å². The quantitative estimate of drug-likeness (QED) is 0.813. The average molecular weight is 280 g/mol. The molecule has 1 amide bonds. The van der Waals surface area contributed by atoms with Gasteiger partial charge in [-0.25, -0.2) is 0 Å². The van der Waals surface area contributed by atoms with Crippen molar-refractivity contribution in [2.75, 3.05) is 13.2 Å². The first kappa shape index (κ1) is 17.0. The van der Waals surface area contributed by atoms with Crippen molar-refractivity contribution in [1.82, 2.24) is 4.90 Å². The number of likely N-dealkylation sites (tertiary alicyclic amines) is 1. The Morgan fingerprint density at radius 1 is 1.30 bits per heavy atom. The average Bonchev–Trinajstić information content (AvgIpc) is 2.71. The van der Waals surface area contributed by atoms with Crippen LogP contribution < -0.4 is 0 Å². The van der Waals surface area contributed by atoms with Crippen LogP contribution in [0.4, 0.5) is 0 Å². The highest BCUT2D eigenvalue weighted by Crippen LogP contribution is 2.33. The van der Waals surface area contributed by atoms with Crippen molar-refractivity contribution in [3.05, 3.63) is 0 Å². The summed E-state index contributed by atoms with van der Waals surface area (Å²) in [6.45, 7) is 4.72.